The van der Waals surface area contributed by atoms with Crippen molar-refractivity contribution < 1.29 is 14.0 Å². The summed E-state index contributed by atoms with van der Waals surface area (Å²) < 4.78 is 5.71. The van der Waals surface area contributed by atoms with E-state index in [1.165, 1.54) is 0 Å². The molecule has 0 radical (unpaired) electrons. The van der Waals surface area contributed by atoms with Crippen LogP contribution in [-0.2, 0) is 16.0 Å². The Balaban J connectivity index is 1.64. The van der Waals surface area contributed by atoms with Crippen LogP contribution >= 0.6 is 23.2 Å². The number of piperazine rings is 1. The molecule has 0 aliphatic carbocycles. The Morgan fingerprint density at radius 2 is 2.23 bits per heavy atom. The molecule has 1 fully saturated rings. The summed E-state index contributed by atoms with van der Waals surface area (Å²) in [7, 11) is 0. The van der Waals surface area contributed by atoms with E-state index < -0.39 is 6.04 Å². The highest BCUT2D eigenvalue weighted by Crippen LogP contribution is 2.30. The van der Waals surface area contributed by atoms with Crippen molar-refractivity contribution in [1.82, 2.24) is 15.2 Å². The standard InChI is InChI=1S/C18H19Cl2N3O3/c1-2-14-18(25)21-7-8-23(14)17(24)6-5-16-22-10-15(26-16)12-4-3-11(19)9-13(12)20/h3-4,9-10,14H,2,5-8H2,1H3,(H,21,25)/t14-/m1/s1. The lowest BCUT2D eigenvalue weighted by atomic mass is 10.1. The van der Waals surface area contributed by atoms with Gasteiger partial charge in [-0.2, -0.15) is 0 Å². The van der Waals surface area contributed by atoms with Crippen molar-refractivity contribution in [3.05, 3.63) is 40.3 Å². The molecule has 0 unspecified atom stereocenters. The molecule has 2 amide bonds. The van der Waals surface area contributed by atoms with Crippen LogP contribution in [-0.4, -0.2) is 40.8 Å². The Morgan fingerprint density at radius 1 is 1.42 bits per heavy atom. The maximum atomic E-state index is 12.5. The number of nitrogens with one attached hydrogen (secondary N) is 1. The van der Waals surface area contributed by atoms with Crippen LogP contribution in [0.1, 0.15) is 25.7 Å². The van der Waals surface area contributed by atoms with E-state index in [9.17, 15) is 9.59 Å². The summed E-state index contributed by atoms with van der Waals surface area (Å²) in [5.41, 5.74) is 0.694. The van der Waals surface area contributed by atoms with Crippen molar-refractivity contribution in [3.63, 3.8) is 0 Å². The number of aryl methyl sites for hydroxylation is 1. The van der Waals surface area contributed by atoms with Crippen LogP contribution in [0.5, 0.6) is 0 Å². The summed E-state index contributed by atoms with van der Waals surface area (Å²) in [4.78, 5) is 30.2. The van der Waals surface area contributed by atoms with Crippen molar-refractivity contribution in [3.8, 4) is 11.3 Å². The normalized spacial score (nSPS) is 17.3. The van der Waals surface area contributed by atoms with Gasteiger partial charge >= 0.3 is 0 Å². The molecule has 1 aliphatic rings. The highest BCUT2D eigenvalue weighted by Gasteiger charge is 2.31. The summed E-state index contributed by atoms with van der Waals surface area (Å²) in [6.45, 7) is 2.91. The van der Waals surface area contributed by atoms with Crippen molar-refractivity contribution in [1.29, 1.82) is 0 Å². The molecule has 3 rings (SSSR count). The minimum absolute atomic E-state index is 0.0732. The predicted octanol–water partition coefficient (Wildman–Crippen LogP) is 3.32. The third kappa shape index (κ3) is 4.02. The molecular formula is C18H19Cl2N3O3. The molecular weight excluding hydrogens is 377 g/mol. The van der Waals surface area contributed by atoms with Crippen LogP contribution in [0.15, 0.2) is 28.8 Å². The molecule has 2 heterocycles. The Bertz CT molecular complexity index is 822. The number of rotatable bonds is 5. The second-order valence-electron chi connectivity index (χ2n) is 6.04. The molecule has 6 nitrogen and oxygen atoms in total. The van der Waals surface area contributed by atoms with Crippen LogP contribution < -0.4 is 5.32 Å². The molecule has 1 aliphatic heterocycles. The van der Waals surface area contributed by atoms with E-state index in [2.05, 4.69) is 10.3 Å². The lowest BCUT2D eigenvalue weighted by Gasteiger charge is -2.34. The molecule has 138 valence electrons. The fourth-order valence-electron chi connectivity index (χ4n) is 3.02. The van der Waals surface area contributed by atoms with Gasteiger partial charge in [0.15, 0.2) is 11.7 Å². The summed E-state index contributed by atoms with van der Waals surface area (Å²) >= 11 is 12.1. The van der Waals surface area contributed by atoms with Gasteiger partial charge in [0.2, 0.25) is 11.8 Å². The SMILES string of the molecule is CC[C@@H]1C(=O)NCCN1C(=O)CCc1ncc(-c2ccc(Cl)cc2Cl)o1. The minimum atomic E-state index is -0.399. The fraction of sp³-hybridized carbons (Fsp3) is 0.389. The van der Waals surface area contributed by atoms with Crippen molar-refractivity contribution >= 4 is 35.0 Å². The first kappa shape index (κ1) is 18.7. The fourth-order valence-corrected chi connectivity index (χ4v) is 3.52. The minimum Gasteiger partial charge on any atom is -0.441 e. The van der Waals surface area contributed by atoms with Gasteiger partial charge in [-0.1, -0.05) is 30.1 Å². The first-order valence-electron chi connectivity index (χ1n) is 8.47. The van der Waals surface area contributed by atoms with Gasteiger partial charge < -0.3 is 14.6 Å². The lowest BCUT2D eigenvalue weighted by Crippen LogP contribution is -2.56. The summed E-state index contributed by atoms with van der Waals surface area (Å²) in [5.74, 6) is 0.811. The predicted molar refractivity (Wildman–Crippen MR) is 99.1 cm³/mol. The molecule has 2 aromatic rings. The largest absolute Gasteiger partial charge is 0.441 e. The van der Waals surface area contributed by atoms with Crippen LogP contribution in [0.2, 0.25) is 10.0 Å². The summed E-state index contributed by atoms with van der Waals surface area (Å²) in [5, 5.41) is 3.80. The number of aromatic nitrogens is 1. The van der Waals surface area contributed by atoms with E-state index in [4.69, 9.17) is 27.6 Å². The van der Waals surface area contributed by atoms with Gasteiger partial charge in [-0.3, -0.25) is 9.59 Å². The van der Waals surface area contributed by atoms with Crippen LogP contribution in [0.3, 0.4) is 0 Å². The van der Waals surface area contributed by atoms with Gasteiger partial charge in [0.1, 0.15) is 6.04 Å². The van der Waals surface area contributed by atoms with Crippen LogP contribution in [0.4, 0.5) is 0 Å². The second kappa shape index (κ2) is 8.10. The average Bonchev–Trinajstić information content (AvgIpc) is 3.08. The van der Waals surface area contributed by atoms with Gasteiger partial charge in [-0.05, 0) is 24.6 Å². The zero-order valence-corrected chi connectivity index (χ0v) is 15.8. The molecule has 1 N–H and O–H groups in total. The van der Waals surface area contributed by atoms with Crippen molar-refractivity contribution in [2.24, 2.45) is 0 Å². The zero-order valence-electron chi connectivity index (χ0n) is 14.3. The lowest BCUT2D eigenvalue weighted by molar-refractivity contribution is -0.143. The molecule has 0 saturated carbocycles. The Kier molecular flexibility index (Phi) is 5.84. The quantitative estimate of drug-likeness (QED) is 0.842. The van der Waals surface area contributed by atoms with E-state index in [0.29, 0.717) is 53.2 Å². The molecule has 1 aromatic carbocycles. The Hall–Kier alpha value is -2.05. The van der Waals surface area contributed by atoms with E-state index in [-0.39, 0.29) is 18.2 Å². The zero-order chi connectivity index (χ0) is 18.7. The number of carbonyl (C=O) groups excluding carboxylic acids is 2. The number of amides is 2. The Morgan fingerprint density at radius 3 is 2.96 bits per heavy atom. The molecule has 8 heteroatoms. The number of hydrogen-bond acceptors (Lipinski definition) is 4. The van der Waals surface area contributed by atoms with E-state index >= 15 is 0 Å². The number of benzene rings is 1. The monoisotopic (exact) mass is 395 g/mol. The van der Waals surface area contributed by atoms with Crippen molar-refractivity contribution in [2.45, 2.75) is 32.2 Å². The molecule has 1 aromatic heterocycles. The van der Waals surface area contributed by atoms with E-state index in [1.54, 1.807) is 29.3 Å². The first-order valence-corrected chi connectivity index (χ1v) is 9.22. The van der Waals surface area contributed by atoms with Crippen LogP contribution in [0, 0.1) is 0 Å². The number of nitrogens with zero attached hydrogens (tertiary/aromatic N) is 2. The van der Waals surface area contributed by atoms with Gasteiger partial charge in [0.25, 0.3) is 0 Å². The highest BCUT2D eigenvalue weighted by molar-refractivity contribution is 6.36. The molecule has 1 atom stereocenters. The third-order valence-electron chi connectivity index (χ3n) is 4.34. The molecule has 0 bridgehead atoms. The average molecular weight is 396 g/mol. The third-order valence-corrected chi connectivity index (χ3v) is 4.89. The highest BCUT2D eigenvalue weighted by atomic mass is 35.5. The first-order chi connectivity index (χ1) is 12.5. The van der Waals surface area contributed by atoms with E-state index in [1.807, 2.05) is 6.92 Å². The van der Waals surface area contributed by atoms with Gasteiger partial charge in [0.05, 0.1) is 11.2 Å². The van der Waals surface area contributed by atoms with Gasteiger partial charge in [-0.25, -0.2) is 4.98 Å². The summed E-state index contributed by atoms with van der Waals surface area (Å²) in [6, 6.07) is 4.72. The second-order valence-corrected chi connectivity index (χ2v) is 6.89. The van der Waals surface area contributed by atoms with Crippen molar-refractivity contribution in [2.75, 3.05) is 13.1 Å². The molecule has 0 spiro atoms. The van der Waals surface area contributed by atoms with Gasteiger partial charge in [0, 0.05) is 36.5 Å². The number of carbonyl (C=O) groups is 2. The molecule has 1 saturated heterocycles. The Labute approximate surface area is 161 Å². The van der Waals surface area contributed by atoms with Crippen LogP contribution in [0.25, 0.3) is 11.3 Å². The smallest absolute Gasteiger partial charge is 0.242 e. The number of hydrogen-bond donors (Lipinski definition) is 1. The topological polar surface area (TPSA) is 75.4 Å². The summed E-state index contributed by atoms with van der Waals surface area (Å²) in [6.07, 6.45) is 2.77. The maximum absolute atomic E-state index is 12.5. The maximum Gasteiger partial charge on any atom is 0.242 e. The molecule has 26 heavy (non-hydrogen) atoms. The number of oxazole rings is 1. The van der Waals surface area contributed by atoms with Gasteiger partial charge in [-0.15, -0.1) is 0 Å². The number of halogens is 2. The van der Waals surface area contributed by atoms with E-state index in [0.717, 1.165) is 0 Å².